The molecule has 0 radical (unpaired) electrons. The number of benzene rings is 1. The Morgan fingerprint density at radius 2 is 1.89 bits per heavy atom. The first-order valence-electron chi connectivity index (χ1n) is 9.20. The molecule has 0 saturated heterocycles. The van der Waals surface area contributed by atoms with E-state index in [0.717, 1.165) is 19.3 Å². The van der Waals surface area contributed by atoms with Crippen LogP contribution in [-0.4, -0.2) is 18.1 Å². The van der Waals surface area contributed by atoms with Crippen LogP contribution in [0.25, 0.3) is 0 Å². The molecule has 3 rings (SSSR count). The molecule has 2 N–H and O–H groups in total. The molecule has 0 spiro atoms. The summed E-state index contributed by atoms with van der Waals surface area (Å²) in [6.07, 6.45) is 2.66. The zero-order valence-electron chi connectivity index (χ0n) is 15.6. The summed E-state index contributed by atoms with van der Waals surface area (Å²) >= 11 is 12.1. The lowest BCUT2D eigenvalue weighted by Gasteiger charge is -2.33. The smallest absolute Gasteiger partial charge is 0.338 e. The number of nitrogens with one attached hydrogen (secondary N) is 2. The molecule has 7 heteroatoms. The van der Waals surface area contributed by atoms with Gasteiger partial charge in [0.1, 0.15) is 6.10 Å². The molecule has 146 valence electrons. The number of amides is 2. The van der Waals surface area contributed by atoms with Gasteiger partial charge in [-0.15, -0.1) is 0 Å². The molecule has 1 aliphatic heterocycles. The van der Waals surface area contributed by atoms with Gasteiger partial charge >= 0.3 is 12.0 Å². The predicted molar refractivity (Wildman–Crippen MR) is 106 cm³/mol. The molecule has 1 fully saturated rings. The van der Waals surface area contributed by atoms with Gasteiger partial charge in [0.2, 0.25) is 0 Å². The second-order valence-corrected chi connectivity index (χ2v) is 8.35. The molecule has 1 aromatic carbocycles. The lowest BCUT2D eigenvalue weighted by atomic mass is 9.80. The number of carbonyl (C=O) groups is 2. The summed E-state index contributed by atoms with van der Waals surface area (Å²) in [4.78, 5) is 25.0. The van der Waals surface area contributed by atoms with E-state index in [1.807, 2.05) is 0 Å². The van der Waals surface area contributed by atoms with Crippen LogP contribution in [0.4, 0.5) is 4.79 Å². The summed E-state index contributed by atoms with van der Waals surface area (Å²) in [7, 11) is 0. The maximum absolute atomic E-state index is 13.0. The van der Waals surface area contributed by atoms with E-state index >= 15 is 0 Å². The van der Waals surface area contributed by atoms with Crippen molar-refractivity contribution < 1.29 is 14.3 Å². The largest absolute Gasteiger partial charge is 0.459 e. The molecule has 1 heterocycles. The lowest BCUT2D eigenvalue weighted by molar-refractivity contribution is -0.147. The van der Waals surface area contributed by atoms with E-state index in [1.165, 1.54) is 0 Å². The van der Waals surface area contributed by atoms with E-state index in [2.05, 4.69) is 24.5 Å². The Bertz CT molecular complexity index is 793. The molecule has 0 bridgehead atoms. The number of hydrogen-bond donors (Lipinski definition) is 2. The number of urea groups is 1. The topological polar surface area (TPSA) is 67.4 Å². The van der Waals surface area contributed by atoms with Crippen molar-refractivity contribution in [2.24, 2.45) is 11.8 Å². The summed E-state index contributed by atoms with van der Waals surface area (Å²) in [6.45, 7) is 6.12. The Morgan fingerprint density at radius 3 is 2.56 bits per heavy atom. The minimum absolute atomic E-state index is 0.101. The Morgan fingerprint density at radius 1 is 1.15 bits per heavy atom. The molecule has 2 amide bonds. The van der Waals surface area contributed by atoms with Crippen molar-refractivity contribution in [3.05, 3.63) is 45.1 Å². The highest BCUT2D eigenvalue weighted by Gasteiger charge is 2.35. The minimum Gasteiger partial charge on any atom is -0.459 e. The first-order chi connectivity index (χ1) is 12.8. The highest BCUT2D eigenvalue weighted by molar-refractivity contribution is 6.42. The van der Waals surface area contributed by atoms with Gasteiger partial charge in [-0.3, -0.25) is 0 Å². The fourth-order valence-corrected chi connectivity index (χ4v) is 4.03. The normalized spacial score (nSPS) is 28.4. The average molecular weight is 411 g/mol. The van der Waals surface area contributed by atoms with Crippen LogP contribution in [0.1, 0.15) is 51.6 Å². The van der Waals surface area contributed by atoms with E-state index in [4.69, 9.17) is 27.9 Å². The summed E-state index contributed by atoms with van der Waals surface area (Å²) < 4.78 is 5.81. The number of ether oxygens (including phenoxy) is 1. The number of esters is 1. The van der Waals surface area contributed by atoms with E-state index in [-0.39, 0.29) is 12.1 Å². The van der Waals surface area contributed by atoms with Crippen molar-refractivity contribution in [3.63, 3.8) is 0 Å². The number of halogens is 2. The third kappa shape index (κ3) is 4.41. The van der Waals surface area contributed by atoms with Crippen molar-refractivity contribution in [1.82, 2.24) is 10.6 Å². The molecule has 4 atom stereocenters. The number of carbonyl (C=O) groups excluding carboxylic acids is 2. The highest BCUT2D eigenvalue weighted by atomic mass is 35.5. The molecule has 1 aliphatic carbocycles. The average Bonchev–Trinajstić information content (AvgIpc) is 2.59. The van der Waals surface area contributed by atoms with Crippen LogP contribution in [0.5, 0.6) is 0 Å². The van der Waals surface area contributed by atoms with Gasteiger partial charge in [0, 0.05) is 5.70 Å². The molecule has 1 saturated carbocycles. The quantitative estimate of drug-likeness (QED) is 0.689. The third-order valence-electron chi connectivity index (χ3n) is 5.59. The zero-order chi connectivity index (χ0) is 19.7. The fourth-order valence-electron chi connectivity index (χ4n) is 3.73. The number of allylic oxidation sites excluding steroid dienone is 1. The SMILES string of the molecule is CC1=C(C(=O)O[C@@H]2CC[C@@H](C)[C@@H](C)C2)[C@@H](c2ccc(Cl)c(Cl)c2)NC(=O)N1. The Balaban J connectivity index is 1.85. The van der Waals surface area contributed by atoms with E-state index < -0.39 is 12.0 Å². The van der Waals surface area contributed by atoms with E-state index in [1.54, 1.807) is 25.1 Å². The second-order valence-electron chi connectivity index (χ2n) is 7.54. The first-order valence-corrected chi connectivity index (χ1v) is 9.96. The summed E-state index contributed by atoms with van der Waals surface area (Å²) in [5.74, 6) is 0.741. The molecular weight excluding hydrogens is 387 g/mol. The van der Waals surface area contributed by atoms with Gasteiger partial charge in [0.25, 0.3) is 0 Å². The van der Waals surface area contributed by atoms with Crippen LogP contribution in [-0.2, 0) is 9.53 Å². The minimum atomic E-state index is -0.638. The molecular formula is C20H24Cl2N2O3. The molecule has 0 unspecified atom stereocenters. The standard InChI is InChI=1S/C20H24Cl2N2O3/c1-10-4-6-14(8-11(10)2)27-19(25)17-12(3)23-20(26)24-18(17)13-5-7-15(21)16(22)9-13/h5,7,9-11,14,18H,4,6,8H2,1-3H3,(H2,23,24,26)/t10-,11+,14-,18-/m1/s1. The van der Waals surface area contributed by atoms with Crippen LogP contribution >= 0.6 is 23.2 Å². The Hall–Kier alpha value is -1.72. The maximum Gasteiger partial charge on any atom is 0.338 e. The summed E-state index contributed by atoms with van der Waals surface area (Å²) in [5.41, 5.74) is 1.55. The molecule has 5 nitrogen and oxygen atoms in total. The van der Waals surface area contributed by atoms with E-state index in [9.17, 15) is 9.59 Å². The Labute approximate surface area is 169 Å². The van der Waals surface area contributed by atoms with Crippen molar-refractivity contribution in [1.29, 1.82) is 0 Å². The third-order valence-corrected chi connectivity index (χ3v) is 6.33. The Kier molecular flexibility index (Phi) is 6.02. The van der Waals surface area contributed by atoms with Gasteiger partial charge in [0.05, 0.1) is 21.7 Å². The molecule has 0 aromatic heterocycles. The van der Waals surface area contributed by atoms with Crippen LogP contribution in [0.3, 0.4) is 0 Å². The summed E-state index contributed by atoms with van der Waals surface area (Å²) in [5, 5.41) is 6.22. The van der Waals surface area contributed by atoms with Crippen molar-refractivity contribution >= 4 is 35.2 Å². The maximum atomic E-state index is 13.0. The van der Waals surface area contributed by atoms with Crippen molar-refractivity contribution in [2.45, 2.75) is 52.2 Å². The lowest BCUT2D eigenvalue weighted by Crippen LogP contribution is -2.45. The fraction of sp³-hybridized carbons (Fsp3) is 0.500. The first kappa shape index (κ1) is 20.0. The van der Waals surface area contributed by atoms with Crippen LogP contribution in [0.15, 0.2) is 29.5 Å². The van der Waals surface area contributed by atoms with Crippen LogP contribution in [0, 0.1) is 11.8 Å². The van der Waals surface area contributed by atoms with Crippen molar-refractivity contribution in [2.75, 3.05) is 0 Å². The number of hydrogen-bond acceptors (Lipinski definition) is 3. The van der Waals surface area contributed by atoms with Gasteiger partial charge in [-0.25, -0.2) is 9.59 Å². The van der Waals surface area contributed by atoms with Gasteiger partial charge in [-0.1, -0.05) is 43.1 Å². The van der Waals surface area contributed by atoms with Crippen LogP contribution < -0.4 is 10.6 Å². The van der Waals surface area contributed by atoms with Gasteiger partial charge in [0.15, 0.2) is 0 Å². The highest BCUT2D eigenvalue weighted by Crippen LogP contribution is 2.34. The van der Waals surface area contributed by atoms with Gasteiger partial charge in [-0.2, -0.15) is 0 Å². The van der Waals surface area contributed by atoms with Crippen LogP contribution in [0.2, 0.25) is 10.0 Å². The summed E-state index contributed by atoms with van der Waals surface area (Å²) in [6, 6.07) is 4.04. The molecule has 2 aliphatic rings. The molecule has 1 aromatic rings. The predicted octanol–water partition coefficient (Wildman–Crippen LogP) is 4.99. The second kappa shape index (κ2) is 8.11. The van der Waals surface area contributed by atoms with Gasteiger partial charge < -0.3 is 15.4 Å². The zero-order valence-corrected chi connectivity index (χ0v) is 17.2. The monoisotopic (exact) mass is 410 g/mol. The van der Waals surface area contributed by atoms with Gasteiger partial charge in [-0.05, 0) is 55.7 Å². The van der Waals surface area contributed by atoms with E-state index in [0.29, 0.717) is 38.7 Å². The van der Waals surface area contributed by atoms with Crippen molar-refractivity contribution in [3.8, 4) is 0 Å². The number of rotatable bonds is 3. The molecule has 27 heavy (non-hydrogen) atoms.